The molecule has 1 aliphatic heterocycles. The van der Waals surface area contributed by atoms with Gasteiger partial charge in [-0.1, -0.05) is 0 Å². The summed E-state index contributed by atoms with van der Waals surface area (Å²) in [6.45, 7) is 6.46. The third-order valence-electron chi connectivity index (χ3n) is 3.50. The van der Waals surface area contributed by atoms with E-state index in [1.54, 1.807) is 17.4 Å². The summed E-state index contributed by atoms with van der Waals surface area (Å²) in [6, 6.07) is 5.64. The first-order chi connectivity index (χ1) is 10.1. The minimum Gasteiger partial charge on any atom is -0.493 e. The van der Waals surface area contributed by atoms with Crippen LogP contribution in [0.5, 0.6) is 11.5 Å². The Kier molecular flexibility index (Phi) is 3.55. The number of hydrogen-bond donors (Lipinski definition) is 0. The van der Waals surface area contributed by atoms with Gasteiger partial charge in [-0.05, 0) is 49.9 Å². The Morgan fingerprint density at radius 3 is 2.76 bits per heavy atom. The molecule has 0 amide bonds. The summed E-state index contributed by atoms with van der Waals surface area (Å²) in [5, 5.41) is 2.01. The van der Waals surface area contributed by atoms with E-state index in [1.807, 2.05) is 44.4 Å². The van der Waals surface area contributed by atoms with Gasteiger partial charge in [0.05, 0.1) is 12.2 Å². The molecule has 21 heavy (non-hydrogen) atoms. The average molecular weight is 300 g/mol. The fourth-order valence-electron chi connectivity index (χ4n) is 2.33. The molecule has 1 aliphatic rings. The van der Waals surface area contributed by atoms with Crippen LogP contribution in [-0.4, -0.2) is 12.4 Å². The van der Waals surface area contributed by atoms with Crippen molar-refractivity contribution in [3.8, 4) is 11.5 Å². The summed E-state index contributed by atoms with van der Waals surface area (Å²) in [7, 11) is 0. The SMILES string of the molecule is CCOc1ccc2c(c1C)O/C(=C\c1sccc1C)C2=O. The van der Waals surface area contributed by atoms with Gasteiger partial charge < -0.3 is 9.47 Å². The smallest absolute Gasteiger partial charge is 0.232 e. The van der Waals surface area contributed by atoms with Crippen molar-refractivity contribution in [2.75, 3.05) is 6.61 Å². The molecule has 0 atom stereocenters. The molecule has 0 spiro atoms. The quantitative estimate of drug-likeness (QED) is 0.789. The van der Waals surface area contributed by atoms with E-state index in [2.05, 4.69) is 0 Å². The fraction of sp³-hybridized carbons (Fsp3) is 0.235. The van der Waals surface area contributed by atoms with Crippen LogP contribution in [-0.2, 0) is 0 Å². The van der Waals surface area contributed by atoms with Crippen molar-refractivity contribution in [1.29, 1.82) is 0 Å². The van der Waals surface area contributed by atoms with Gasteiger partial charge in [0, 0.05) is 16.5 Å². The van der Waals surface area contributed by atoms with Crippen LogP contribution in [0.15, 0.2) is 29.3 Å². The Morgan fingerprint density at radius 2 is 2.10 bits per heavy atom. The molecule has 108 valence electrons. The molecule has 3 rings (SSSR count). The van der Waals surface area contributed by atoms with Crippen molar-refractivity contribution in [2.24, 2.45) is 0 Å². The van der Waals surface area contributed by atoms with E-state index in [-0.39, 0.29) is 5.78 Å². The second-order valence-corrected chi connectivity index (χ2v) is 5.85. The van der Waals surface area contributed by atoms with Crippen LogP contribution in [0.2, 0.25) is 0 Å². The molecule has 0 unspecified atom stereocenters. The van der Waals surface area contributed by atoms with E-state index >= 15 is 0 Å². The van der Waals surface area contributed by atoms with Gasteiger partial charge in [-0.15, -0.1) is 11.3 Å². The zero-order valence-corrected chi connectivity index (χ0v) is 13.0. The summed E-state index contributed by atoms with van der Waals surface area (Å²) >= 11 is 1.60. The molecule has 0 saturated heterocycles. The Balaban J connectivity index is 2.01. The standard InChI is InChI=1S/C17H16O3S/c1-4-19-13-6-5-12-16(18)14(20-17(12)11(13)3)9-15-10(2)7-8-21-15/h5-9H,4H2,1-3H3/b14-9-. The van der Waals surface area contributed by atoms with Crippen molar-refractivity contribution >= 4 is 23.2 Å². The Hall–Kier alpha value is -2.07. The third kappa shape index (κ3) is 2.36. The van der Waals surface area contributed by atoms with E-state index in [1.165, 1.54) is 0 Å². The van der Waals surface area contributed by atoms with E-state index in [0.717, 1.165) is 21.8 Å². The van der Waals surface area contributed by atoms with Gasteiger partial charge in [0.1, 0.15) is 11.5 Å². The molecule has 0 fully saturated rings. The van der Waals surface area contributed by atoms with E-state index in [4.69, 9.17) is 9.47 Å². The number of ketones is 1. The average Bonchev–Trinajstić information content (AvgIpc) is 3.00. The maximum absolute atomic E-state index is 12.4. The highest BCUT2D eigenvalue weighted by molar-refractivity contribution is 7.11. The lowest BCUT2D eigenvalue weighted by Gasteiger charge is -2.09. The fourth-order valence-corrected chi connectivity index (χ4v) is 3.18. The number of aryl methyl sites for hydroxylation is 1. The molecule has 0 saturated carbocycles. The van der Waals surface area contributed by atoms with Gasteiger partial charge in [0.25, 0.3) is 0 Å². The summed E-state index contributed by atoms with van der Waals surface area (Å²) in [5.74, 6) is 1.69. The Morgan fingerprint density at radius 1 is 1.29 bits per heavy atom. The first kappa shape index (κ1) is 13.9. The number of carbonyl (C=O) groups excluding carboxylic acids is 1. The minimum atomic E-state index is -0.0658. The van der Waals surface area contributed by atoms with Gasteiger partial charge in [-0.2, -0.15) is 0 Å². The van der Waals surface area contributed by atoms with Crippen LogP contribution in [0.25, 0.3) is 6.08 Å². The lowest BCUT2D eigenvalue weighted by Crippen LogP contribution is -1.97. The van der Waals surface area contributed by atoms with Crippen molar-refractivity contribution in [1.82, 2.24) is 0 Å². The summed E-state index contributed by atoms with van der Waals surface area (Å²) < 4.78 is 11.4. The second kappa shape index (κ2) is 5.37. The number of fused-ring (bicyclic) bond motifs is 1. The molecule has 4 heteroatoms. The largest absolute Gasteiger partial charge is 0.493 e. The van der Waals surface area contributed by atoms with E-state index in [9.17, 15) is 4.79 Å². The molecule has 0 radical (unpaired) electrons. The topological polar surface area (TPSA) is 35.5 Å². The summed E-state index contributed by atoms with van der Waals surface area (Å²) in [4.78, 5) is 13.5. The molecule has 1 aromatic carbocycles. The highest BCUT2D eigenvalue weighted by Crippen LogP contribution is 2.39. The maximum atomic E-state index is 12.4. The van der Waals surface area contributed by atoms with Crippen LogP contribution in [0, 0.1) is 13.8 Å². The van der Waals surface area contributed by atoms with Crippen molar-refractivity contribution < 1.29 is 14.3 Å². The number of ether oxygens (including phenoxy) is 2. The number of carbonyl (C=O) groups is 1. The highest BCUT2D eigenvalue weighted by Gasteiger charge is 2.30. The molecule has 1 aromatic heterocycles. The second-order valence-electron chi connectivity index (χ2n) is 4.91. The number of Topliss-reactive ketones (excluding diaryl/α,β-unsaturated/α-hetero) is 1. The van der Waals surface area contributed by atoms with E-state index in [0.29, 0.717) is 23.7 Å². The lowest BCUT2D eigenvalue weighted by atomic mass is 10.1. The first-order valence-electron chi connectivity index (χ1n) is 6.86. The number of hydrogen-bond acceptors (Lipinski definition) is 4. The third-order valence-corrected chi connectivity index (χ3v) is 4.47. The van der Waals surface area contributed by atoms with Crippen LogP contribution in [0.4, 0.5) is 0 Å². The zero-order valence-electron chi connectivity index (χ0n) is 12.2. The van der Waals surface area contributed by atoms with Crippen molar-refractivity contribution in [2.45, 2.75) is 20.8 Å². The summed E-state index contributed by atoms with van der Waals surface area (Å²) in [6.07, 6.45) is 1.82. The summed E-state index contributed by atoms with van der Waals surface area (Å²) in [5.41, 5.74) is 2.62. The molecule has 2 aromatic rings. The first-order valence-corrected chi connectivity index (χ1v) is 7.74. The molecule has 0 aliphatic carbocycles. The molecule has 0 bridgehead atoms. The van der Waals surface area contributed by atoms with Gasteiger partial charge >= 0.3 is 0 Å². The molecular formula is C17H16O3S. The van der Waals surface area contributed by atoms with Gasteiger partial charge in [0.2, 0.25) is 5.78 Å². The zero-order chi connectivity index (χ0) is 15.0. The van der Waals surface area contributed by atoms with Gasteiger partial charge in [0.15, 0.2) is 5.76 Å². The number of rotatable bonds is 3. The maximum Gasteiger partial charge on any atom is 0.232 e. The Bertz CT molecular complexity index is 740. The van der Waals surface area contributed by atoms with Crippen LogP contribution < -0.4 is 9.47 Å². The molecule has 2 heterocycles. The number of benzene rings is 1. The van der Waals surface area contributed by atoms with Gasteiger partial charge in [-0.25, -0.2) is 0 Å². The predicted octanol–water partition coefficient (Wildman–Crippen LogP) is 4.38. The van der Waals surface area contributed by atoms with Crippen molar-refractivity contribution in [3.05, 3.63) is 50.9 Å². The number of allylic oxidation sites excluding steroid dienone is 1. The molecule has 0 N–H and O–H groups in total. The monoisotopic (exact) mass is 300 g/mol. The number of thiophene rings is 1. The highest BCUT2D eigenvalue weighted by atomic mass is 32.1. The predicted molar refractivity (Wildman–Crippen MR) is 84.3 cm³/mol. The van der Waals surface area contributed by atoms with Crippen molar-refractivity contribution in [3.63, 3.8) is 0 Å². The molecular weight excluding hydrogens is 284 g/mol. The minimum absolute atomic E-state index is 0.0658. The van der Waals surface area contributed by atoms with Crippen LogP contribution in [0.1, 0.15) is 33.3 Å². The Labute approximate surface area is 127 Å². The van der Waals surface area contributed by atoms with Gasteiger partial charge in [-0.3, -0.25) is 4.79 Å². The van der Waals surface area contributed by atoms with Crippen LogP contribution >= 0.6 is 11.3 Å². The normalized spacial score (nSPS) is 15.2. The molecule has 3 nitrogen and oxygen atoms in total. The van der Waals surface area contributed by atoms with E-state index < -0.39 is 0 Å². The lowest BCUT2D eigenvalue weighted by molar-refractivity contribution is 0.101. The van der Waals surface area contributed by atoms with Crippen LogP contribution in [0.3, 0.4) is 0 Å².